The normalized spacial score (nSPS) is 29.0. The number of amides is 1. The summed E-state index contributed by atoms with van der Waals surface area (Å²) < 4.78 is 30.6. The van der Waals surface area contributed by atoms with Crippen LogP contribution in [0.5, 0.6) is 5.75 Å². The Morgan fingerprint density at radius 1 is 1.08 bits per heavy atom. The standard InChI is InChI=1S/C28H35NO8/c1-5-16(2)19-11-13-21(14-12-19)35-28-23(29-18(4)30)25(34-17(3)26(31)32)24-22(36-28)15-33-27(37-24)20-9-7-6-8-10-20/h6-14,16-17,22-25,27-28H,5,15H2,1-4H3,(H,29,30)(H,31,32)/t16-,17+,22+,23-,24+,25+,27+,28-/m1/s1. The van der Waals surface area contributed by atoms with Gasteiger partial charge in [0, 0.05) is 12.5 Å². The highest BCUT2D eigenvalue weighted by molar-refractivity contribution is 5.73. The van der Waals surface area contributed by atoms with Crippen LogP contribution in [0.1, 0.15) is 57.5 Å². The molecule has 2 fully saturated rings. The summed E-state index contributed by atoms with van der Waals surface area (Å²) in [5.74, 6) is -0.502. The Bertz CT molecular complexity index is 1050. The number of carbonyl (C=O) groups excluding carboxylic acids is 1. The van der Waals surface area contributed by atoms with E-state index in [0.29, 0.717) is 11.7 Å². The van der Waals surface area contributed by atoms with E-state index in [2.05, 4.69) is 19.2 Å². The lowest BCUT2D eigenvalue weighted by atomic mass is 9.95. The largest absolute Gasteiger partial charge is 0.479 e. The number of carboxylic acids is 1. The number of fused-ring (bicyclic) bond motifs is 1. The molecule has 0 saturated carbocycles. The topological polar surface area (TPSA) is 113 Å². The van der Waals surface area contributed by atoms with E-state index in [-0.39, 0.29) is 12.5 Å². The molecule has 9 heteroatoms. The molecule has 200 valence electrons. The molecule has 1 amide bonds. The molecule has 2 aromatic carbocycles. The summed E-state index contributed by atoms with van der Waals surface area (Å²) in [5.41, 5.74) is 2.00. The van der Waals surface area contributed by atoms with Gasteiger partial charge in [-0.3, -0.25) is 4.79 Å². The highest BCUT2D eigenvalue weighted by atomic mass is 16.8. The fraction of sp³-hybridized carbons (Fsp3) is 0.500. The maximum Gasteiger partial charge on any atom is 0.332 e. The molecule has 0 unspecified atom stereocenters. The van der Waals surface area contributed by atoms with Crippen LogP contribution in [-0.2, 0) is 28.5 Å². The van der Waals surface area contributed by atoms with Crippen molar-refractivity contribution in [1.82, 2.24) is 5.32 Å². The summed E-state index contributed by atoms with van der Waals surface area (Å²) in [6.07, 6.45) is -4.01. The number of ether oxygens (including phenoxy) is 5. The zero-order valence-corrected chi connectivity index (χ0v) is 21.5. The Balaban J connectivity index is 1.62. The second kappa shape index (κ2) is 12.0. The SMILES string of the molecule is CC[C@@H](C)c1ccc(O[C@@H]2O[C@H]3CO[C@H](c4ccccc4)O[C@@H]3[C@@H](O[C@@H](C)C(=O)O)[C@H]2NC(C)=O)cc1. The fourth-order valence-electron chi connectivity index (χ4n) is 4.54. The van der Waals surface area contributed by atoms with Crippen LogP contribution in [0, 0.1) is 0 Å². The summed E-state index contributed by atoms with van der Waals surface area (Å²) >= 11 is 0. The summed E-state index contributed by atoms with van der Waals surface area (Å²) in [6.45, 7) is 7.28. The third-order valence-electron chi connectivity index (χ3n) is 6.80. The molecule has 2 aliphatic rings. The number of benzene rings is 2. The van der Waals surface area contributed by atoms with Crippen LogP contribution in [0.4, 0.5) is 0 Å². The minimum absolute atomic E-state index is 0.172. The molecule has 4 rings (SSSR count). The van der Waals surface area contributed by atoms with E-state index < -0.39 is 49.0 Å². The van der Waals surface area contributed by atoms with Crippen LogP contribution in [0.2, 0.25) is 0 Å². The van der Waals surface area contributed by atoms with Gasteiger partial charge in [0.2, 0.25) is 12.2 Å². The Labute approximate surface area is 217 Å². The summed E-state index contributed by atoms with van der Waals surface area (Å²) in [6, 6.07) is 16.3. The first kappa shape index (κ1) is 27.1. The van der Waals surface area contributed by atoms with E-state index in [0.717, 1.165) is 12.0 Å². The lowest BCUT2D eigenvalue weighted by molar-refractivity contribution is -0.340. The highest BCUT2D eigenvalue weighted by Crippen LogP contribution is 2.36. The van der Waals surface area contributed by atoms with Crippen LogP contribution in [-0.4, -0.2) is 60.3 Å². The first-order valence-corrected chi connectivity index (χ1v) is 12.7. The monoisotopic (exact) mass is 513 g/mol. The zero-order valence-electron chi connectivity index (χ0n) is 21.5. The van der Waals surface area contributed by atoms with Gasteiger partial charge in [-0.2, -0.15) is 0 Å². The highest BCUT2D eigenvalue weighted by Gasteiger charge is 2.52. The van der Waals surface area contributed by atoms with Crippen molar-refractivity contribution in [2.75, 3.05) is 6.61 Å². The van der Waals surface area contributed by atoms with Crippen molar-refractivity contribution >= 4 is 11.9 Å². The smallest absolute Gasteiger partial charge is 0.332 e. The van der Waals surface area contributed by atoms with Crippen LogP contribution < -0.4 is 10.1 Å². The van der Waals surface area contributed by atoms with Crippen molar-refractivity contribution in [3.05, 3.63) is 65.7 Å². The lowest BCUT2D eigenvalue weighted by Crippen LogP contribution is -2.68. The Kier molecular flexibility index (Phi) is 8.81. The quantitative estimate of drug-likeness (QED) is 0.521. The third-order valence-corrected chi connectivity index (χ3v) is 6.80. The first-order valence-electron chi connectivity index (χ1n) is 12.7. The van der Waals surface area contributed by atoms with Crippen molar-refractivity contribution in [3.8, 4) is 5.75 Å². The molecule has 0 aromatic heterocycles. The first-order chi connectivity index (χ1) is 17.8. The predicted molar refractivity (Wildman–Crippen MR) is 134 cm³/mol. The molecule has 9 nitrogen and oxygen atoms in total. The van der Waals surface area contributed by atoms with Crippen LogP contribution in [0.15, 0.2) is 54.6 Å². The number of carbonyl (C=O) groups is 2. The number of nitrogens with one attached hydrogen (secondary N) is 1. The molecule has 0 spiro atoms. The second-order valence-corrected chi connectivity index (χ2v) is 9.52. The van der Waals surface area contributed by atoms with Gasteiger partial charge in [0.1, 0.15) is 30.1 Å². The van der Waals surface area contributed by atoms with Crippen molar-refractivity contribution in [2.24, 2.45) is 0 Å². The number of hydrogen-bond acceptors (Lipinski definition) is 7. The number of hydrogen-bond donors (Lipinski definition) is 2. The molecule has 2 heterocycles. The van der Waals surface area contributed by atoms with Gasteiger partial charge in [0.05, 0.1) is 6.61 Å². The van der Waals surface area contributed by atoms with Gasteiger partial charge in [0.25, 0.3) is 0 Å². The molecule has 2 saturated heterocycles. The van der Waals surface area contributed by atoms with Gasteiger partial charge in [-0.25, -0.2) is 4.79 Å². The Hall–Kier alpha value is -2.98. The average Bonchev–Trinajstić information content (AvgIpc) is 2.90. The molecule has 0 aliphatic carbocycles. The molecule has 37 heavy (non-hydrogen) atoms. The third kappa shape index (κ3) is 6.48. The molecular weight excluding hydrogens is 478 g/mol. The Morgan fingerprint density at radius 2 is 1.78 bits per heavy atom. The van der Waals surface area contributed by atoms with Crippen LogP contribution in [0.25, 0.3) is 0 Å². The number of carboxylic acid groups (broad SMARTS) is 1. The van der Waals surface area contributed by atoms with E-state index >= 15 is 0 Å². The molecule has 2 aliphatic heterocycles. The van der Waals surface area contributed by atoms with Gasteiger partial charge in [0.15, 0.2) is 12.4 Å². The zero-order chi connectivity index (χ0) is 26.5. The van der Waals surface area contributed by atoms with Gasteiger partial charge >= 0.3 is 5.97 Å². The number of rotatable bonds is 9. The molecule has 0 bridgehead atoms. The maximum absolute atomic E-state index is 12.2. The summed E-state index contributed by atoms with van der Waals surface area (Å²) in [4.78, 5) is 23.9. The molecule has 0 radical (unpaired) electrons. The van der Waals surface area contributed by atoms with Crippen LogP contribution >= 0.6 is 0 Å². The minimum Gasteiger partial charge on any atom is -0.479 e. The summed E-state index contributed by atoms with van der Waals surface area (Å²) in [7, 11) is 0. The van der Waals surface area contributed by atoms with Gasteiger partial charge in [-0.05, 0) is 37.0 Å². The van der Waals surface area contributed by atoms with Gasteiger partial charge in [-0.1, -0.05) is 56.3 Å². The van der Waals surface area contributed by atoms with Crippen molar-refractivity contribution in [1.29, 1.82) is 0 Å². The molecule has 2 aromatic rings. The van der Waals surface area contributed by atoms with Crippen molar-refractivity contribution in [2.45, 2.75) is 83.1 Å². The molecule has 8 atom stereocenters. The fourth-order valence-corrected chi connectivity index (χ4v) is 4.54. The lowest BCUT2D eigenvalue weighted by Gasteiger charge is -2.49. The predicted octanol–water partition coefficient (Wildman–Crippen LogP) is 3.78. The average molecular weight is 514 g/mol. The second-order valence-electron chi connectivity index (χ2n) is 9.52. The Morgan fingerprint density at radius 3 is 2.41 bits per heavy atom. The van der Waals surface area contributed by atoms with Gasteiger partial charge in [-0.15, -0.1) is 0 Å². The molecule has 2 N–H and O–H groups in total. The van der Waals surface area contributed by atoms with E-state index in [1.54, 1.807) is 0 Å². The van der Waals surface area contributed by atoms with E-state index in [1.807, 2.05) is 54.6 Å². The van der Waals surface area contributed by atoms with Crippen molar-refractivity contribution in [3.63, 3.8) is 0 Å². The molecular formula is C28H35NO8. The maximum atomic E-state index is 12.2. The van der Waals surface area contributed by atoms with Gasteiger partial charge < -0.3 is 34.1 Å². The summed E-state index contributed by atoms with van der Waals surface area (Å²) in [5, 5.41) is 12.4. The van der Waals surface area contributed by atoms with E-state index in [1.165, 1.54) is 19.4 Å². The van der Waals surface area contributed by atoms with E-state index in [9.17, 15) is 14.7 Å². The van der Waals surface area contributed by atoms with Crippen molar-refractivity contribution < 1.29 is 38.4 Å². The van der Waals surface area contributed by atoms with E-state index in [4.69, 9.17) is 23.7 Å². The van der Waals surface area contributed by atoms with Crippen LogP contribution in [0.3, 0.4) is 0 Å². The minimum atomic E-state index is -1.16. The number of aliphatic carboxylic acids is 1.